The maximum atomic E-state index is 12.7. The third kappa shape index (κ3) is 5.60. The van der Waals surface area contributed by atoms with Gasteiger partial charge >= 0.3 is 0 Å². The second-order valence-electron chi connectivity index (χ2n) is 9.68. The predicted octanol–water partition coefficient (Wildman–Crippen LogP) is 3.13. The van der Waals surface area contributed by atoms with Crippen molar-refractivity contribution in [2.75, 3.05) is 19.0 Å². The number of anilines is 1. The van der Waals surface area contributed by atoms with Gasteiger partial charge in [0.1, 0.15) is 23.7 Å². The largest absolute Gasteiger partial charge is 0.497 e. The van der Waals surface area contributed by atoms with Crippen LogP contribution in [0.1, 0.15) is 49.1 Å². The number of benzene rings is 2. The zero-order chi connectivity index (χ0) is 24.4. The predicted molar refractivity (Wildman–Crippen MR) is 129 cm³/mol. The summed E-state index contributed by atoms with van der Waals surface area (Å²) >= 11 is 0. The smallest absolute Gasteiger partial charge is 0.224 e. The molecule has 2 aliphatic heterocycles. The van der Waals surface area contributed by atoms with Gasteiger partial charge in [0.25, 0.3) is 0 Å². The lowest BCUT2D eigenvalue weighted by Gasteiger charge is -2.37. The van der Waals surface area contributed by atoms with Crippen molar-refractivity contribution < 1.29 is 28.9 Å². The third-order valence-electron chi connectivity index (χ3n) is 7.02. The van der Waals surface area contributed by atoms with E-state index in [0.717, 1.165) is 41.2 Å². The number of nitrogens with one attached hydrogen (secondary N) is 2. The standard InChI is InChI=1S/C27H32N2O6/c1-33-19-7-4-17(5-8-19)14-28-25(31)13-20-12-22-21-11-18(29-26(32)10-16-2-3-16)6-9-23(21)35-27(22)24(15-30)34-20/h4-9,11,16,20,22,24,27,30H,2-3,10,12-15H2,1H3,(H,28,31)(H,29,32)/t20-,22-,24-,27+/m0/s1. The quantitative estimate of drug-likeness (QED) is 0.509. The summed E-state index contributed by atoms with van der Waals surface area (Å²) < 4.78 is 17.3. The van der Waals surface area contributed by atoms with E-state index in [0.29, 0.717) is 25.3 Å². The SMILES string of the molecule is COc1ccc(CNC(=O)C[C@@H]2C[C@H]3c4cc(NC(=O)CC5CC5)ccc4O[C@H]3[C@H](CO)O2)cc1. The fourth-order valence-electron chi connectivity index (χ4n) is 4.99. The fraction of sp³-hybridized carbons (Fsp3) is 0.481. The van der Waals surface area contributed by atoms with Crippen LogP contribution in [0.5, 0.6) is 11.5 Å². The van der Waals surface area contributed by atoms with Crippen LogP contribution in [0.4, 0.5) is 5.69 Å². The van der Waals surface area contributed by atoms with Crippen LogP contribution >= 0.6 is 0 Å². The first-order valence-corrected chi connectivity index (χ1v) is 12.3. The zero-order valence-electron chi connectivity index (χ0n) is 19.9. The summed E-state index contributed by atoms with van der Waals surface area (Å²) in [6, 6.07) is 13.2. The molecule has 2 aromatic rings. The van der Waals surface area contributed by atoms with Gasteiger partial charge in [-0.05, 0) is 61.1 Å². The Balaban J connectivity index is 1.21. The first-order chi connectivity index (χ1) is 17.0. The molecule has 1 saturated heterocycles. The monoisotopic (exact) mass is 480 g/mol. The highest BCUT2D eigenvalue weighted by molar-refractivity contribution is 5.91. The summed E-state index contributed by atoms with van der Waals surface area (Å²) in [6.45, 7) is 0.227. The number of methoxy groups -OCH3 is 1. The normalized spacial score (nSPS) is 24.6. The lowest BCUT2D eigenvalue weighted by atomic mass is 9.84. The molecular formula is C27H32N2O6. The molecule has 0 unspecified atom stereocenters. The molecule has 0 radical (unpaired) electrons. The minimum absolute atomic E-state index is 0.0180. The van der Waals surface area contributed by atoms with E-state index in [2.05, 4.69) is 10.6 Å². The minimum atomic E-state index is -0.520. The Labute approximate surface area is 205 Å². The number of rotatable bonds is 9. The van der Waals surface area contributed by atoms with Crippen molar-refractivity contribution in [2.45, 2.75) is 62.9 Å². The van der Waals surface area contributed by atoms with Gasteiger partial charge in [-0.2, -0.15) is 0 Å². The Morgan fingerprint density at radius 3 is 2.60 bits per heavy atom. The molecule has 0 aromatic heterocycles. The van der Waals surface area contributed by atoms with Gasteiger partial charge in [-0.1, -0.05) is 12.1 Å². The molecule has 1 aliphatic carbocycles. The van der Waals surface area contributed by atoms with Crippen molar-refractivity contribution >= 4 is 17.5 Å². The van der Waals surface area contributed by atoms with Crippen LogP contribution in [0.2, 0.25) is 0 Å². The molecule has 0 spiro atoms. The molecule has 3 aliphatic rings. The topological polar surface area (TPSA) is 106 Å². The summed E-state index contributed by atoms with van der Waals surface area (Å²) in [5.41, 5.74) is 2.72. The molecule has 5 rings (SSSR count). The number of carbonyl (C=O) groups is 2. The maximum absolute atomic E-state index is 12.7. The molecule has 8 nitrogen and oxygen atoms in total. The van der Waals surface area contributed by atoms with Crippen molar-refractivity contribution in [2.24, 2.45) is 5.92 Å². The first kappa shape index (κ1) is 23.6. The summed E-state index contributed by atoms with van der Waals surface area (Å²) in [7, 11) is 1.62. The highest BCUT2D eigenvalue weighted by Gasteiger charge is 2.46. The lowest BCUT2D eigenvalue weighted by Crippen LogP contribution is -2.47. The fourth-order valence-corrected chi connectivity index (χ4v) is 4.99. The molecule has 0 bridgehead atoms. The van der Waals surface area contributed by atoms with Crippen molar-refractivity contribution in [1.82, 2.24) is 5.32 Å². The van der Waals surface area contributed by atoms with Crippen LogP contribution in [0.15, 0.2) is 42.5 Å². The van der Waals surface area contributed by atoms with Gasteiger partial charge in [0.05, 0.1) is 26.2 Å². The van der Waals surface area contributed by atoms with Gasteiger partial charge in [0.2, 0.25) is 11.8 Å². The van der Waals surface area contributed by atoms with Crippen LogP contribution < -0.4 is 20.1 Å². The second kappa shape index (κ2) is 10.3. The average molecular weight is 481 g/mol. The number of ether oxygens (including phenoxy) is 3. The molecule has 3 N–H and O–H groups in total. The summed E-state index contributed by atoms with van der Waals surface area (Å²) in [5, 5.41) is 15.9. The molecule has 2 amide bonds. The molecule has 2 aromatic carbocycles. The van der Waals surface area contributed by atoms with E-state index in [1.807, 2.05) is 42.5 Å². The molecule has 1 saturated carbocycles. The number of aliphatic hydroxyl groups is 1. The molecule has 186 valence electrons. The highest BCUT2D eigenvalue weighted by Crippen LogP contribution is 2.47. The molecule has 2 heterocycles. The van der Waals surface area contributed by atoms with E-state index in [1.165, 1.54) is 0 Å². The second-order valence-corrected chi connectivity index (χ2v) is 9.68. The van der Waals surface area contributed by atoms with Gasteiger partial charge in [-0.3, -0.25) is 9.59 Å². The van der Waals surface area contributed by atoms with E-state index in [4.69, 9.17) is 14.2 Å². The average Bonchev–Trinajstić information content (AvgIpc) is 3.60. The number of hydrogen-bond donors (Lipinski definition) is 3. The molecule has 35 heavy (non-hydrogen) atoms. The van der Waals surface area contributed by atoms with E-state index in [9.17, 15) is 14.7 Å². The van der Waals surface area contributed by atoms with Crippen molar-refractivity contribution in [1.29, 1.82) is 0 Å². The zero-order valence-corrected chi connectivity index (χ0v) is 19.9. The molecular weight excluding hydrogens is 448 g/mol. The van der Waals surface area contributed by atoms with Crippen LogP contribution in [0, 0.1) is 5.92 Å². The van der Waals surface area contributed by atoms with E-state index in [-0.39, 0.29) is 43.0 Å². The Kier molecular flexibility index (Phi) is 6.92. The molecule has 4 atom stereocenters. The Morgan fingerprint density at radius 1 is 1.09 bits per heavy atom. The van der Waals surface area contributed by atoms with Crippen LogP contribution in [-0.4, -0.2) is 48.9 Å². The lowest BCUT2D eigenvalue weighted by molar-refractivity contribution is -0.142. The van der Waals surface area contributed by atoms with E-state index in [1.54, 1.807) is 7.11 Å². The van der Waals surface area contributed by atoms with Gasteiger partial charge < -0.3 is 30.0 Å². The highest BCUT2D eigenvalue weighted by atomic mass is 16.6. The molecule has 2 fully saturated rings. The number of carbonyl (C=O) groups excluding carboxylic acids is 2. The summed E-state index contributed by atoms with van der Waals surface area (Å²) in [6.07, 6.45) is 2.45. The Hall–Kier alpha value is -3.10. The first-order valence-electron chi connectivity index (χ1n) is 12.3. The third-order valence-corrected chi connectivity index (χ3v) is 7.02. The van der Waals surface area contributed by atoms with E-state index >= 15 is 0 Å². The van der Waals surface area contributed by atoms with Crippen LogP contribution in [0.3, 0.4) is 0 Å². The van der Waals surface area contributed by atoms with Gasteiger partial charge in [0.15, 0.2) is 0 Å². The van der Waals surface area contributed by atoms with Crippen molar-refractivity contribution in [3.63, 3.8) is 0 Å². The van der Waals surface area contributed by atoms with Crippen molar-refractivity contribution in [3.05, 3.63) is 53.6 Å². The van der Waals surface area contributed by atoms with Crippen LogP contribution in [0.25, 0.3) is 0 Å². The Bertz CT molecular complexity index is 1070. The van der Waals surface area contributed by atoms with Gasteiger partial charge in [-0.15, -0.1) is 0 Å². The summed E-state index contributed by atoms with van der Waals surface area (Å²) in [5.74, 6) is 1.94. The minimum Gasteiger partial charge on any atom is -0.497 e. The number of hydrogen-bond acceptors (Lipinski definition) is 6. The van der Waals surface area contributed by atoms with Gasteiger partial charge in [-0.25, -0.2) is 0 Å². The van der Waals surface area contributed by atoms with Crippen molar-refractivity contribution in [3.8, 4) is 11.5 Å². The molecule has 8 heteroatoms. The number of aliphatic hydroxyl groups excluding tert-OH is 1. The summed E-state index contributed by atoms with van der Waals surface area (Å²) in [4.78, 5) is 24.9. The number of fused-ring (bicyclic) bond motifs is 3. The van der Waals surface area contributed by atoms with Crippen LogP contribution in [-0.2, 0) is 20.9 Å². The number of amides is 2. The van der Waals surface area contributed by atoms with Gasteiger partial charge in [0, 0.05) is 30.1 Å². The van der Waals surface area contributed by atoms with E-state index < -0.39 is 6.10 Å². The Morgan fingerprint density at radius 2 is 1.89 bits per heavy atom. The maximum Gasteiger partial charge on any atom is 0.224 e.